The molecule has 146 valence electrons. The van der Waals surface area contributed by atoms with Gasteiger partial charge in [0, 0.05) is 43.7 Å². The maximum atomic E-state index is 11.5. The highest BCUT2D eigenvalue weighted by atomic mass is 32.2. The van der Waals surface area contributed by atoms with E-state index in [1.54, 1.807) is 6.92 Å². The predicted molar refractivity (Wildman–Crippen MR) is 111 cm³/mol. The van der Waals surface area contributed by atoms with Gasteiger partial charge in [0.05, 0.1) is 11.2 Å². The molecule has 0 bridgehead atoms. The highest BCUT2D eigenvalue weighted by molar-refractivity contribution is 8.13. The number of nitrogens with zero attached hydrogens (tertiary/aromatic N) is 3. The Morgan fingerprint density at radius 1 is 1.19 bits per heavy atom. The zero-order valence-electron chi connectivity index (χ0n) is 16.8. The van der Waals surface area contributed by atoms with E-state index in [4.69, 9.17) is 9.31 Å². The van der Waals surface area contributed by atoms with Crippen LogP contribution in [0.1, 0.15) is 53.0 Å². The molecule has 0 atom stereocenters. The lowest BCUT2D eigenvalue weighted by Gasteiger charge is -2.32. The molecule has 0 unspecified atom stereocenters. The van der Waals surface area contributed by atoms with Gasteiger partial charge in [0.2, 0.25) is 5.95 Å². The first-order valence-electron chi connectivity index (χ1n) is 9.44. The average Bonchev–Trinajstić information content (AvgIpc) is 3.18. The van der Waals surface area contributed by atoms with Crippen LogP contribution < -0.4 is 4.90 Å². The number of carbonyl (C=O) groups is 1. The minimum atomic E-state index is -0.486. The summed E-state index contributed by atoms with van der Waals surface area (Å²) in [6.07, 6.45) is 8.01. The smallest absolute Gasteiger partial charge is 0.400 e. The van der Waals surface area contributed by atoms with E-state index in [-0.39, 0.29) is 5.12 Å². The quantitative estimate of drug-likeness (QED) is 0.716. The van der Waals surface area contributed by atoms with E-state index in [1.807, 2.05) is 46.2 Å². The van der Waals surface area contributed by atoms with Crippen LogP contribution in [0.4, 0.5) is 5.95 Å². The van der Waals surface area contributed by atoms with Gasteiger partial charge in [0.15, 0.2) is 5.12 Å². The van der Waals surface area contributed by atoms with Crippen LogP contribution in [0.2, 0.25) is 0 Å². The van der Waals surface area contributed by atoms with Crippen molar-refractivity contribution in [2.45, 2.75) is 58.7 Å². The van der Waals surface area contributed by atoms with Crippen LogP contribution in [-0.2, 0) is 14.1 Å². The lowest BCUT2D eigenvalue weighted by Crippen LogP contribution is -2.41. The van der Waals surface area contributed by atoms with Crippen molar-refractivity contribution in [1.29, 1.82) is 0 Å². The van der Waals surface area contributed by atoms with E-state index in [1.165, 1.54) is 24.6 Å². The molecule has 0 amide bonds. The van der Waals surface area contributed by atoms with Gasteiger partial charge in [0.1, 0.15) is 0 Å². The number of hydrogen-bond donors (Lipinski definition) is 0. The minimum absolute atomic E-state index is 0.0676. The summed E-state index contributed by atoms with van der Waals surface area (Å²) in [6, 6.07) is 0. The van der Waals surface area contributed by atoms with Gasteiger partial charge in [-0.15, -0.1) is 0 Å². The molecule has 2 aliphatic rings. The number of thioether (sulfide) groups is 1. The molecule has 1 aromatic heterocycles. The fourth-order valence-electron chi connectivity index (χ4n) is 3.06. The number of rotatable bonds is 5. The second-order valence-electron chi connectivity index (χ2n) is 8.10. The monoisotopic (exact) mass is 389 g/mol. The largest absolute Gasteiger partial charge is 0.491 e. The molecule has 8 heteroatoms. The van der Waals surface area contributed by atoms with Gasteiger partial charge in [-0.3, -0.25) is 4.79 Å². The van der Waals surface area contributed by atoms with Crippen molar-refractivity contribution in [1.82, 2.24) is 9.97 Å². The Morgan fingerprint density at radius 2 is 1.74 bits per heavy atom. The highest BCUT2D eigenvalue weighted by Gasteiger charge is 2.52. The van der Waals surface area contributed by atoms with E-state index in [9.17, 15) is 4.79 Å². The van der Waals surface area contributed by atoms with Gasteiger partial charge in [-0.2, -0.15) is 0 Å². The second kappa shape index (κ2) is 7.93. The summed E-state index contributed by atoms with van der Waals surface area (Å²) in [5.41, 5.74) is 0.944. The van der Waals surface area contributed by atoms with Gasteiger partial charge in [-0.05, 0) is 46.0 Å². The van der Waals surface area contributed by atoms with Crippen LogP contribution >= 0.6 is 11.8 Å². The number of anilines is 1. The third kappa shape index (κ3) is 4.73. The number of aromatic nitrogens is 2. The van der Waals surface area contributed by atoms with Crippen molar-refractivity contribution >= 4 is 36.0 Å². The Bertz CT molecular complexity index is 699. The van der Waals surface area contributed by atoms with Gasteiger partial charge >= 0.3 is 7.12 Å². The SMILES string of the molecule is CC(=O)SCC(=Cc1cnc(N2CCCC2)nc1)B1OC(C)(C)C(C)(C)O1. The minimum Gasteiger partial charge on any atom is -0.400 e. The molecule has 0 spiro atoms. The van der Waals surface area contributed by atoms with Crippen LogP contribution in [-0.4, -0.2) is 52.2 Å². The summed E-state index contributed by atoms with van der Waals surface area (Å²) < 4.78 is 12.3. The normalized spacial score (nSPS) is 21.7. The zero-order valence-corrected chi connectivity index (χ0v) is 17.6. The molecule has 3 rings (SSSR count). The van der Waals surface area contributed by atoms with Crippen molar-refractivity contribution in [3.8, 4) is 0 Å². The van der Waals surface area contributed by atoms with E-state index in [2.05, 4.69) is 14.9 Å². The van der Waals surface area contributed by atoms with Crippen LogP contribution in [0.25, 0.3) is 6.08 Å². The van der Waals surface area contributed by atoms with Crippen molar-refractivity contribution in [2.75, 3.05) is 23.7 Å². The third-order valence-electron chi connectivity index (χ3n) is 5.40. The first-order valence-corrected chi connectivity index (χ1v) is 10.4. The van der Waals surface area contributed by atoms with E-state index in [0.717, 1.165) is 30.1 Å². The number of hydrogen-bond acceptors (Lipinski definition) is 7. The fourth-order valence-corrected chi connectivity index (χ4v) is 3.65. The van der Waals surface area contributed by atoms with Crippen LogP contribution in [0.15, 0.2) is 17.9 Å². The zero-order chi connectivity index (χ0) is 19.7. The topological polar surface area (TPSA) is 64.6 Å². The molecule has 2 aliphatic heterocycles. The van der Waals surface area contributed by atoms with E-state index in [0.29, 0.717) is 5.75 Å². The third-order valence-corrected chi connectivity index (χ3v) is 6.28. The Morgan fingerprint density at radius 3 is 2.26 bits per heavy atom. The first kappa shape index (κ1) is 20.4. The summed E-state index contributed by atoms with van der Waals surface area (Å²) >= 11 is 1.25. The van der Waals surface area contributed by atoms with Crippen LogP contribution in [0, 0.1) is 0 Å². The lowest BCUT2D eigenvalue weighted by atomic mass is 9.78. The first-order chi connectivity index (χ1) is 12.7. The Balaban J connectivity index is 1.81. The summed E-state index contributed by atoms with van der Waals surface area (Å²) in [6.45, 7) is 11.7. The van der Waals surface area contributed by atoms with Gasteiger partial charge < -0.3 is 14.2 Å². The highest BCUT2D eigenvalue weighted by Crippen LogP contribution is 2.39. The predicted octanol–water partition coefficient (Wildman–Crippen LogP) is 3.37. The number of carbonyl (C=O) groups excluding carboxylic acids is 1. The van der Waals surface area contributed by atoms with Crippen molar-refractivity contribution < 1.29 is 14.1 Å². The molecule has 1 aromatic rings. The maximum Gasteiger partial charge on any atom is 0.491 e. The van der Waals surface area contributed by atoms with Crippen LogP contribution in [0.5, 0.6) is 0 Å². The van der Waals surface area contributed by atoms with E-state index >= 15 is 0 Å². The van der Waals surface area contributed by atoms with Gasteiger partial charge in [-0.25, -0.2) is 9.97 Å². The van der Waals surface area contributed by atoms with Gasteiger partial charge in [-0.1, -0.05) is 17.8 Å². The summed E-state index contributed by atoms with van der Waals surface area (Å²) in [5.74, 6) is 1.29. The summed E-state index contributed by atoms with van der Waals surface area (Å²) in [7, 11) is -0.486. The second-order valence-corrected chi connectivity index (χ2v) is 9.25. The maximum absolute atomic E-state index is 11.5. The molecule has 3 heterocycles. The average molecular weight is 389 g/mol. The van der Waals surface area contributed by atoms with Crippen molar-refractivity contribution in [3.63, 3.8) is 0 Å². The molecule has 6 nitrogen and oxygen atoms in total. The van der Waals surface area contributed by atoms with Crippen LogP contribution in [0.3, 0.4) is 0 Å². The fraction of sp³-hybridized carbons (Fsp3) is 0.632. The molecule has 0 N–H and O–H groups in total. The van der Waals surface area contributed by atoms with Crippen molar-refractivity contribution in [3.05, 3.63) is 23.4 Å². The molecule has 0 radical (unpaired) electrons. The summed E-state index contributed by atoms with van der Waals surface area (Å²) in [4.78, 5) is 22.7. The molecule has 27 heavy (non-hydrogen) atoms. The Hall–Kier alpha value is -1.38. The van der Waals surface area contributed by atoms with Gasteiger partial charge in [0.25, 0.3) is 0 Å². The standard InChI is InChI=1S/C19H28BN3O3S/c1-14(24)27-13-16(20-25-18(2,3)19(4,5)26-20)10-15-11-21-17(22-12-15)23-8-6-7-9-23/h10-12H,6-9,13H2,1-5H3. The molecule has 2 fully saturated rings. The summed E-state index contributed by atoms with van der Waals surface area (Å²) in [5, 5.41) is 0.0676. The Labute approximate surface area is 166 Å². The Kier molecular flexibility index (Phi) is 5.98. The molecular weight excluding hydrogens is 361 g/mol. The molecule has 2 saturated heterocycles. The molecule has 0 aliphatic carbocycles. The lowest BCUT2D eigenvalue weighted by molar-refractivity contribution is -0.109. The molecule has 0 saturated carbocycles. The molecular formula is C19H28BN3O3S. The van der Waals surface area contributed by atoms with E-state index < -0.39 is 18.3 Å². The van der Waals surface area contributed by atoms with Crippen molar-refractivity contribution in [2.24, 2.45) is 0 Å². The molecule has 0 aromatic carbocycles.